The van der Waals surface area contributed by atoms with Crippen molar-refractivity contribution in [3.63, 3.8) is 0 Å². The molecule has 1 amide bonds. The number of likely N-dealkylation sites (tertiary alicyclic amines) is 1. The third-order valence-corrected chi connectivity index (χ3v) is 5.76. The lowest BCUT2D eigenvalue weighted by atomic mass is 10.0. The monoisotopic (exact) mass is 424 g/mol. The van der Waals surface area contributed by atoms with Crippen LogP contribution in [0, 0.1) is 0 Å². The zero-order valence-corrected chi connectivity index (χ0v) is 17.4. The zero-order valence-electron chi connectivity index (χ0n) is 16.7. The van der Waals surface area contributed by atoms with E-state index in [1.54, 1.807) is 0 Å². The Morgan fingerprint density at radius 1 is 1.07 bits per heavy atom. The minimum Gasteiger partial charge on any atom is -0.351 e. The molecule has 3 aromatic rings. The average molecular weight is 425 g/mol. The van der Waals surface area contributed by atoms with E-state index in [2.05, 4.69) is 37.9 Å². The van der Waals surface area contributed by atoms with Crippen LogP contribution in [0.15, 0.2) is 60.9 Å². The SMILES string of the molecule is O=C(NC1CCN(Cc2ccc(Cl)cc2)CC1)C(Cc1ccccc1)n1cnnn1. The van der Waals surface area contributed by atoms with Crippen LogP contribution in [0.1, 0.15) is 30.0 Å². The predicted octanol–water partition coefficient (Wildman–Crippen LogP) is 2.89. The van der Waals surface area contributed by atoms with Gasteiger partial charge in [-0.2, -0.15) is 0 Å². The van der Waals surface area contributed by atoms with Crippen LogP contribution in [0.3, 0.4) is 0 Å². The molecule has 1 unspecified atom stereocenters. The number of carbonyl (C=O) groups is 1. The van der Waals surface area contributed by atoms with E-state index < -0.39 is 6.04 Å². The van der Waals surface area contributed by atoms with Gasteiger partial charge >= 0.3 is 0 Å². The van der Waals surface area contributed by atoms with Crippen molar-refractivity contribution >= 4 is 17.5 Å². The molecule has 1 saturated heterocycles. The molecule has 0 aliphatic carbocycles. The van der Waals surface area contributed by atoms with Crippen LogP contribution >= 0.6 is 11.6 Å². The Morgan fingerprint density at radius 2 is 1.80 bits per heavy atom. The maximum Gasteiger partial charge on any atom is 0.245 e. The van der Waals surface area contributed by atoms with Gasteiger partial charge in [-0.15, -0.1) is 5.10 Å². The zero-order chi connectivity index (χ0) is 20.8. The molecule has 0 bridgehead atoms. The van der Waals surface area contributed by atoms with Gasteiger partial charge in [0.2, 0.25) is 5.91 Å². The first kappa shape index (κ1) is 20.5. The Labute approximate surface area is 181 Å². The van der Waals surface area contributed by atoms with Crippen molar-refractivity contribution in [2.75, 3.05) is 13.1 Å². The Morgan fingerprint density at radius 3 is 2.47 bits per heavy atom. The lowest BCUT2D eigenvalue weighted by Gasteiger charge is -2.33. The van der Waals surface area contributed by atoms with Crippen molar-refractivity contribution < 1.29 is 4.79 Å². The number of aromatic nitrogens is 4. The number of halogens is 1. The predicted molar refractivity (Wildman–Crippen MR) is 115 cm³/mol. The fourth-order valence-corrected chi connectivity index (χ4v) is 3.96. The standard InChI is InChI=1S/C22H25ClN6O/c23-19-8-6-18(7-9-19)15-28-12-10-20(11-13-28)25-22(30)21(29-16-24-26-27-29)14-17-4-2-1-3-5-17/h1-9,16,20-21H,10-15H2,(H,25,30). The molecule has 0 saturated carbocycles. The highest BCUT2D eigenvalue weighted by molar-refractivity contribution is 6.30. The van der Waals surface area contributed by atoms with E-state index in [0.29, 0.717) is 6.42 Å². The lowest BCUT2D eigenvalue weighted by Crippen LogP contribution is -2.46. The highest BCUT2D eigenvalue weighted by Gasteiger charge is 2.27. The maximum atomic E-state index is 13.1. The molecule has 7 nitrogen and oxygen atoms in total. The van der Waals surface area contributed by atoms with E-state index >= 15 is 0 Å². The molecule has 1 aliphatic rings. The highest BCUT2D eigenvalue weighted by atomic mass is 35.5. The van der Waals surface area contributed by atoms with Gasteiger partial charge in [0.1, 0.15) is 12.4 Å². The molecule has 1 aromatic heterocycles. The summed E-state index contributed by atoms with van der Waals surface area (Å²) in [7, 11) is 0. The van der Waals surface area contributed by atoms with E-state index in [1.165, 1.54) is 16.6 Å². The second kappa shape index (κ2) is 9.82. The molecule has 2 heterocycles. The van der Waals surface area contributed by atoms with E-state index in [4.69, 9.17) is 11.6 Å². The summed E-state index contributed by atoms with van der Waals surface area (Å²) in [6.07, 6.45) is 3.90. The van der Waals surface area contributed by atoms with Gasteiger partial charge in [0.05, 0.1) is 0 Å². The van der Waals surface area contributed by atoms with Gasteiger partial charge in [0.15, 0.2) is 0 Å². The summed E-state index contributed by atoms with van der Waals surface area (Å²) < 4.78 is 1.54. The van der Waals surface area contributed by atoms with Gasteiger partial charge in [0.25, 0.3) is 0 Å². The van der Waals surface area contributed by atoms with E-state index in [0.717, 1.165) is 43.1 Å². The Hall–Kier alpha value is -2.77. The fourth-order valence-electron chi connectivity index (χ4n) is 3.84. The number of rotatable bonds is 7. The van der Waals surface area contributed by atoms with Crippen LogP contribution in [0.2, 0.25) is 5.02 Å². The van der Waals surface area contributed by atoms with Crippen molar-refractivity contribution in [1.29, 1.82) is 0 Å². The number of tetrazole rings is 1. The molecule has 1 aliphatic heterocycles. The van der Waals surface area contributed by atoms with Gasteiger partial charge < -0.3 is 5.32 Å². The number of hydrogen-bond donors (Lipinski definition) is 1. The average Bonchev–Trinajstić information content (AvgIpc) is 3.30. The van der Waals surface area contributed by atoms with Gasteiger partial charge in [-0.3, -0.25) is 9.69 Å². The topological polar surface area (TPSA) is 75.9 Å². The Bertz CT molecular complexity index is 924. The van der Waals surface area contributed by atoms with Crippen LogP contribution in [-0.4, -0.2) is 50.1 Å². The number of hydrogen-bond acceptors (Lipinski definition) is 5. The molecular weight excluding hydrogens is 400 g/mol. The molecule has 2 aromatic carbocycles. The van der Waals surface area contributed by atoms with Crippen molar-refractivity contribution in [1.82, 2.24) is 30.4 Å². The number of nitrogens with zero attached hydrogens (tertiary/aromatic N) is 5. The van der Waals surface area contributed by atoms with Crippen molar-refractivity contribution in [2.24, 2.45) is 0 Å². The smallest absolute Gasteiger partial charge is 0.245 e. The number of amides is 1. The molecule has 4 rings (SSSR count). The van der Waals surface area contributed by atoms with Crippen LogP contribution in [0.5, 0.6) is 0 Å². The third-order valence-electron chi connectivity index (χ3n) is 5.51. The fraction of sp³-hybridized carbons (Fsp3) is 0.364. The molecule has 1 atom stereocenters. The number of benzene rings is 2. The molecule has 156 valence electrons. The summed E-state index contributed by atoms with van der Waals surface area (Å²) in [6, 6.07) is 17.6. The van der Waals surface area contributed by atoms with Gasteiger partial charge in [-0.25, -0.2) is 4.68 Å². The number of nitrogens with one attached hydrogen (secondary N) is 1. The van der Waals surface area contributed by atoms with Crippen LogP contribution in [0.4, 0.5) is 0 Å². The third kappa shape index (κ3) is 5.43. The summed E-state index contributed by atoms with van der Waals surface area (Å²) in [5.74, 6) is -0.0395. The lowest BCUT2D eigenvalue weighted by molar-refractivity contribution is -0.125. The number of piperidine rings is 1. The van der Waals surface area contributed by atoms with E-state index in [1.807, 2.05) is 42.5 Å². The van der Waals surface area contributed by atoms with E-state index in [9.17, 15) is 4.79 Å². The summed E-state index contributed by atoms with van der Waals surface area (Å²) >= 11 is 5.97. The van der Waals surface area contributed by atoms with Gasteiger partial charge in [0, 0.05) is 37.1 Å². The molecular formula is C22H25ClN6O. The molecule has 0 radical (unpaired) electrons. The summed E-state index contributed by atoms with van der Waals surface area (Å²) in [4.78, 5) is 15.5. The maximum absolute atomic E-state index is 13.1. The molecule has 0 spiro atoms. The summed E-state index contributed by atoms with van der Waals surface area (Å²) in [5, 5.41) is 15.4. The second-order valence-corrected chi connectivity index (χ2v) is 8.12. The molecule has 1 N–H and O–H groups in total. The first-order valence-electron chi connectivity index (χ1n) is 10.2. The minimum absolute atomic E-state index is 0.0395. The Balaban J connectivity index is 1.32. The molecule has 30 heavy (non-hydrogen) atoms. The highest BCUT2D eigenvalue weighted by Crippen LogP contribution is 2.18. The first-order chi connectivity index (χ1) is 14.7. The van der Waals surface area contributed by atoms with E-state index in [-0.39, 0.29) is 11.9 Å². The van der Waals surface area contributed by atoms with Gasteiger partial charge in [-0.1, -0.05) is 54.1 Å². The Kier molecular flexibility index (Phi) is 6.71. The molecule has 8 heteroatoms. The second-order valence-electron chi connectivity index (χ2n) is 7.68. The van der Waals surface area contributed by atoms with Crippen LogP contribution in [0.25, 0.3) is 0 Å². The minimum atomic E-state index is -0.463. The number of carbonyl (C=O) groups excluding carboxylic acids is 1. The van der Waals surface area contributed by atoms with Gasteiger partial charge in [-0.05, 0) is 46.5 Å². The summed E-state index contributed by atoms with van der Waals surface area (Å²) in [5.41, 5.74) is 2.33. The van der Waals surface area contributed by atoms with Crippen LogP contribution < -0.4 is 5.32 Å². The van der Waals surface area contributed by atoms with Crippen molar-refractivity contribution in [3.05, 3.63) is 77.1 Å². The first-order valence-corrected chi connectivity index (χ1v) is 10.6. The largest absolute Gasteiger partial charge is 0.351 e. The summed E-state index contributed by atoms with van der Waals surface area (Å²) in [6.45, 7) is 2.79. The molecule has 1 fully saturated rings. The van der Waals surface area contributed by atoms with Crippen molar-refractivity contribution in [3.8, 4) is 0 Å². The van der Waals surface area contributed by atoms with Crippen LogP contribution in [-0.2, 0) is 17.8 Å². The quantitative estimate of drug-likeness (QED) is 0.631. The van der Waals surface area contributed by atoms with Crippen molar-refractivity contribution in [2.45, 2.75) is 37.9 Å². The normalized spacial score (nSPS) is 16.3.